The molecule has 0 amide bonds. The number of hydrogen-bond acceptors (Lipinski definition) is 4. The molecule has 2 N–H and O–H groups in total. The first-order chi connectivity index (χ1) is 7.75. The highest BCUT2D eigenvalue weighted by atomic mass is 32.1. The van der Waals surface area contributed by atoms with Crippen molar-refractivity contribution in [2.75, 3.05) is 6.54 Å². The second-order valence-corrected chi connectivity index (χ2v) is 4.82. The molecule has 1 atom stereocenters. The molecule has 16 heavy (non-hydrogen) atoms. The summed E-state index contributed by atoms with van der Waals surface area (Å²) in [7, 11) is 0. The van der Waals surface area contributed by atoms with E-state index in [0.29, 0.717) is 6.04 Å². The Hall–Kier alpha value is -1.20. The number of aromatic nitrogens is 3. The van der Waals surface area contributed by atoms with Crippen molar-refractivity contribution in [3.05, 3.63) is 34.3 Å². The fourth-order valence-corrected chi connectivity index (χ4v) is 2.23. The summed E-state index contributed by atoms with van der Waals surface area (Å²) >= 11 is 1.69. The Morgan fingerprint density at radius 2 is 2.44 bits per heavy atom. The lowest BCUT2D eigenvalue weighted by Crippen LogP contribution is -2.22. The maximum atomic E-state index is 4.46. The van der Waals surface area contributed by atoms with Gasteiger partial charge in [0.2, 0.25) is 0 Å². The predicted octanol–water partition coefficient (Wildman–Crippen LogP) is 2.07. The minimum atomic E-state index is 0.305. The van der Waals surface area contributed by atoms with Gasteiger partial charge >= 0.3 is 0 Å². The number of nitrogens with one attached hydrogen (secondary N) is 2. The van der Waals surface area contributed by atoms with Gasteiger partial charge in [-0.05, 0) is 13.8 Å². The first-order valence-corrected chi connectivity index (χ1v) is 6.27. The van der Waals surface area contributed by atoms with Crippen molar-refractivity contribution >= 4 is 11.3 Å². The third-order valence-electron chi connectivity index (χ3n) is 2.45. The van der Waals surface area contributed by atoms with Gasteiger partial charge in [-0.25, -0.2) is 9.97 Å². The normalized spacial score (nSPS) is 12.9. The zero-order valence-electron chi connectivity index (χ0n) is 9.53. The van der Waals surface area contributed by atoms with E-state index in [1.165, 1.54) is 0 Å². The third kappa shape index (κ3) is 2.90. The highest BCUT2D eigenvalue weighted by molar-refractivity contribution is 7.09. The van der Waals surface area contributed by atoms with E-state index in [4.69, 9.17) is 0 Å². The molecular formula is C11H16N4S. The Morgan fingerprint density at radius 1 is 1.56 bits per heavy atom. The molecule has 0 aliphatic carbocycles. The van der Waals surface area contributed by atoms with Gasteiger partial charge in [0, 0.05) is 36.8 Å². The van der Waals surface area contributed by atoms with Gasteiger partial charge in [-0.2, -0.15) is 0 Å². The van der Waals surface area contributed by atoms with Crippen LogP contribution >= 0.6 is 11.3 Å². The van der Waals surface area contributed by atoms with Crippen LogP contribution in [0.4, 0.5) is 0 Å². The van der Waals surface area contributed by atoms with Crippen molar-refractivity contribution in [1.29, 1.82) is 0 Å². The Balaban J connectivity index is 1.78. The lowest BCUT2D eigenvalue weighted by molar-refractivity contribution is 0.561. The Bertz CT molecular complexity index is 421. The van der Waals surface area contributed by atoms with Gasteiger partial charge in [-0.3, -0.25) is 0 Å². The zero-order valence-corrected chi connectivity index (χ0v) is 10.3. The standard InChI is InChI=1S/C11H16N4S/c1-8(10-7-16-9(2)15-10)12-4-3-11-13-5-6-14-11/h5-8,12H,3-4H2,1-2H3,(H,13,14). The molecule has 4 nitrogen and oxygen atoms in total. The summed E-state index contributed by atoms with van der Waals surface area (Å²) in [6.45, 7) is 5.08. The maximum Gasteiger partial charge on any atom is 0.107 e. The van der Waals surface area contributed by atoms with Crippen molar-refractivity contribution < 1.29 is 0 Å². The van der Waals surface area contributed by atoms with Crippen molar-refractivity contribution in [2.45, 2.75) is 26.3 Å². The fourth-order valence-electron chi connectivity index (χ4n) is 1.53. The average molecular weight is 236 g/mol. The van der Waals surface area contributed by atoms with Gasteiger partial charge in [0.15, 0.2) is 0 Å². The van der Waals surface area contributed by atoms with E-state index < -0.39 is 0 Å². The van der Waals surface area contributed by atoms with Crippen LogP contribution in [0.5, 0.6) is 0 Å². The van der Waals surface area contributed by atoms with Gasteiger partial charge in [-0.15, -0.1) is 11.3 Å². The van der Waals surface area contributed by atoms with E-state index in [1.807, 2.05) is 13.1 Å². The Morgan fingerprint density at radius 3 is 3.06 bits per heavy atom. The fraction of sp³-hybridized carbons (Fsp3) is 0.455. The molecule has 0 aliphatic heterocycles. The SMILES string of the molecule is Cc1nc(C(C)NCCc2ncc[nH]2)cs1. The lowest BCUT2D eigenvalue weighted by Gasteiger charge is -2.10. The molecule has 0 radical (unpaired) electrons. The van der Waals surface area contributed by atoms with Crippen LogP contribution in [0, 0.1) is 6.92 Å². The van der Waals surface area contributed by atoms with Crippen molar-refractivity contribution in [3.8, 4) is 0 Å². The van der Waals surface area contributed by atoms with Gasteiger partial charge < -0.3 is 10.3 Å². The monoisotopic (exact) mass is 236 g/mol. The Labute approximate surface area is 99.2 Å². The number of rotatable bonds is 5. The minimum absolute atomic E-state index is 0.305. The molecule has 86 valence electrons. The number of aryl methyl sites for hydroxylation is 1. The van der Waals surface area contributed by atoms with E-state index in [0.717, 1.165) is 29.5 Å². The molecule has 2 rings (SSSR count). The van der Waals surface area contributed by atoms with Crippen LogP contribution < -0.4 is 5.32 Å². The van der Waals surface area contributed by atoms with E-state index in [-0.39, 0.29) is 0 Å². The molecule has 0 aromatic carbocycles. The number of hydrogen-bond donors (Lipinski definition) is 2. The smallest absolute Gasteiger partial charge is 0.107 e. The van der Waals surface area contributed by atoms with Crippen LogP contribution in [0.2, 0.25) is 0 Å². The number of thiazole rings is 1. The quantitative estimate of drug-likeness (QED) is 0.835. The molecule has 0 saturated carbocycles. The van der Waals surface area contributed by atoms with Gasteiger partial charge in [0.25, 0.3) is 0 Å². The molecular weight excluding hydrogens is 220 g/mol. The molecule has 2 heterocycles. The summed E-state index contributed by atoms with van der Waals surface area (Å²) in [4.78, 5) is 11.7. The van der Waals surface area contributed by atoms with Gasteiger partial charge in [0.05, 0.1) is 10.7 Å². The van der Waals surface area contributed by atoms with E-state index in [2.05, 4.69) is 32.6 Å². The summed E-state index contributed by atoms with van der Waals surface area (Å²) < 4.78 is 0. The second kappa shape index (κ2) is 5.23. The summed E-state index contributed by atoms with van der Waals surface area (Å²) in [5.41, 5.74) is 1.13. The first kappa shape index (κ1) is 11.3. The molecule has 1 unspecified atom stereocenters. The summed E-state index contributed by atoms with van der Waals surface area (Å²) in [5.74, 6) is 1.02. The predicted molar refractivity (Wildman–Crippen MR) is 65.6 cm³/mol. The molecule has 2 aromatic heterocycles. The maximum absolute atomic E-state index is 4.46. The highest BCUT2D eigenvalue weighted by Gasteiger charge is 2.07. The Kier molecular flexibility index (Phi) is 3.69. The first-order valence-electron chi connectivity index (χ1n) is 5.39. The topological polar surface area (TPSA) is 53.6 Å². The molecule has 0 spiro atoms. The average Bonchev–Trinajstić information content (AvgIpc) is 2.89. The van der Waals surface area contributed by atoms with Gasteiger partial charge in [0.1, 0.15) is 5.82 Å². The van der Waals surface area contributed by atoms with Crippen LogP contribution in [0.1, 0.15) is 29.5 Å². The largest absolute Gasteiger partial charge is 0.349 e. The summed E-state index contributed by atoms with van der Waals surface area (Å²) in [5, 5.41) is 6.67. The van der Waals surface area contributed by atoms with E-state index in [1.54, 1.807) is 17.5 Å². The molecule has 0 fully saturated rings. The van der Waals surface area contributed by atoms with Crippen LogP contribution in [0.15, 0.2) is 17.8 Å². The van der Waals surface area contributed by atoms with Crippen LogP contribution in [0.3, 0.4) is 0 Å². The van der Waals surface area contributed by atoms with Crippen molar-refractivity contribution in [2.24, 2.45) is 0 Å². The zero-order chi connectivity index (χ0) is 11.4. The molecule has 0 saturated heterocycles. The van der Waals surface area contributed by atoms with Gasteiger partial charge in [-0.1, -0.05) is 0 Å². The molecule has 5 heteroatoms. The highest BCUT2D eigenvalue weighted by Crippen LogP contribution is 2.15. The molecule has 0 aliphatic rings. The van der Waals surface area contributed by atoms with Crippen molar-refractivity contribution in [3.63, 3.8) is 0 Å². The van der Waals surface area contributed by atoms with Crippen LogP contribution in [-0.4, -0.2) is 21.5 Å². The molecule has 2 aromatic rings. The van der Waals surface area contributed by atoms with E-state index in [9.17, 15) is 0 Å². The van der Waals surface area contributed by atoms with E-state index >= 15 is 0 Å². The lowest BCUT2D eigenvalue weighted by atomic mass is 10.2. The summed E-state index contributed by atoms with van der Waals surface area (Å²) in [6, 6.07) is 0.305. The minimum Gasteiger partial charge on any atom is -0.349 e. The number of H-pyrrole nitrogens is 1. The molecule has 0 bridgehead atoms. The number of aromatic amines is 1. The number of nitrogens with zero attached hydrogens (tertiary/aromatic N) is 2. The third-order valence-corrected chi connectivity index (χ3v) is 3.24. The van der Waals surface area contributed by atoms with Crippen LogP contribution in [-0.2, 0) is 6.42 Å². The number of imidazole rings is 1. The second-order valence-electron chi connectivity index (χ2n) is 3.75. The van der Waals surface area contributed by atoms with Crippen LogP contribution in [0.25, 0.3) is 0 Å². The van der Waals surface area contributed by atoms with Crippen molar-refractivity contribution in [1.82, 2.24) is 20.3 Å². The summed E-state index contributed by atoms with van der Waals surface area (Å²) in [6.07, 6.45) is 4.55.